The molecule has 5 rings (SSSR count). The van der Waals surface area contributed by atoms with Crippen molar-refractivity contribution in [3.05, 3.63) is 53.8 Å². The standard InChI is InChI=1S/C23H22ClN5O2/c24-18-7-3-2-6-17(18)23-26-22(27-31-23)16-8-9-20-19(14-16)25-15-29(20)13-10-21(30)28-11-4-1-5-12-28/h2-3,6-9,14-15H,1,4-5,10-13H2. The van der Waals surface area contributed by atoms with Crippen molar-refractivity contribution in [1.82, 2.24) is 24.6 Å². The lowest BCUT2D eigenvalue weighted by atomic mass is 10.1. The molecule has 0 unspecified atom stereocenters. The third kappa shape index (κ3) is 4.05. The molecule has 1 aliphatic rings. The van der Waals surface area contributed by atoms with E-state index in [-0.39, 0.29) is 5.91 Å². The van der Waals surface area contributed by atoms with E-state index in [1.165, 1.54) is 6.42 Å². The Hall–Kier alpha value is -3.19. The Morgan fingerprint density at radius 1 is 1.10 bits per heavy atom. The molecule has 1 amide bonds. The fourth-order valence-electron chi connectivity index (χ4n) is 3.98. The monoisotopic (exact) mass is 435 g/mol. The number of imidazole rings is 1. The number of carbonyl (C=O) groups is 1. The van der Waals surface area contributed by atoms with E-state index in [1.54, 1.807) is 12.4 Å². The number of hydrogen-bond donors (Lipinski definition) is 0. The molecule has 0 spiro atoms. The molecule has 4 aromatic rings. The van der Waals surface area contributed by atoms with E-state index < -0.39 is 0 Å². The van der Waals surface area contributed by atoms with Gasteiger partial charge in [0, 0.05) is 31.6 Å². The number of likely N-dealkylation sites (tertiary alicyclic amines) is 1. The van der Waals surface area contributed by atoms with Crippen LogP contribution in [0.1, 0.15) is 25.7 Å². The minimum Gasteiger partial charge on any atom is -0.343 e. The summed E-state index contributed by atoms with van der Waals surface area (Å²) < 4.78 is 7.43. The quantitative estimate of drug-likeness (QED) is 0.449. The minimum absolute atomic E-state index is 0.220. The molecule has 31 heavy (non-hydrogen) atoms. The Morgan fingerprint density at radius 3 is 2.77 bits per heavy atom. The fraction of sp³-hybridized carbons (Fsp3) is 0.304. The van der Waals surface area contributed by atoms with Gasteiger partial charge in [0.15, 0.2) is 0 Å². The van der Waals surface area contributed by atoms with Crippen molar-refractivity contribution in [3.63, 3.8) is 0 Å². The number of nitrogens with zero attached hydrogens (tertiary/aromatic N) is 5. The number of aromatic nitrogens is 4. The number of aryl methyl sites for hydroxylation is 1. The largest absolute Gasteiger partial charge is 0.343 e. The highest BCUT2D eigenvalue weighted by Gasteiger charge is 2.17. The zero-order chi connectivity index (χ0) is 21.2. The molecule has 0 N–H and O–H groups in total. The van der Waals surface area contributed by atoms with Crippen LogP contribution in [0.4, 0.5) is 0 Å². The van der Waals surface area contributed by atoms with Gasteiger partial charge in [-0.05, 0) is 49.6 Å². The number of piperidine rings is 1. The smallest absolute Gasteiger partial charge is 0.259 e. The van der Waals surface area contributed by atoms with Gasteiger partial charge in [-0.3, -0.25) is 4.79 Å². The van der Waals surface area contributed by atoms with Crippen molar-refractivity contribution in [2.45, 2.75) is 32.2 Å². The zero-order valence-electron chi connectivity index (χ0n) is 17.0. The molecule has 2 aromatic carbocycles. The van der Waals surface area contributed by atoms with E-state index in [0.717, 1.165) is 42.5 Å². The Labute approximate surface area is 184 Å². The highest BCUT2D eigenvalue weighted by Crippen LogP contribution is 2.29. The van der Waals surface area contributed by atoms with Gasteiger partial charge in [-0.2, -0.15) is 4.98 Å². The zero-order valence-corrected chi connectivity index (χ0v) is 17.8. The summed E-state index contributed by atoms with van der Waals surface area (Å²) in [6.07, 6.45) is 5.70. The highest BCUT2D eigenvalue weighted by molar-refractivity contribution is 6.33. The summed E-state index contributed by atoms with van der Waals surface area (Å²) in [7, 11) is 0. The van der Waals surface area contributed by atoms with Crippen molar-refractivity contribution < 1.29 is 9.32 Å². The first-order valence-corrected chi connectivity index (χ1v) is 10.9. The van der Waals surface area contributed by atoms with Crippen LogP contribution < -0.4 is 0 Å². The molecule has 3 heterocycles. The van der Waals surface area contributed by atoms with Crippen molar-refractivity contribution in [2.75, 3.05) is 13.1 Å². The van der Waals surface area contributed by atoms with Gasteiger partial charge in [0.25, 0.3) is 5.89 Å². The van der Waals surface area contributed by atoms with Gasteiger partial charge in [0.1, 0.15) is 0 Å². The molecule has 2 aromatic heterocycles. The normalized spacial score (nSPS) is 14.3. The third-order valence-electron chi connectivity index (χ3n) is 5.68. The molecule has 0 bridgehead atoms. The highest BCUT2D eigenvalue weighted by atomic mass is 35.5. The molecule has 0 atom stereocenters. The van der Waals surface area contributed by atoms with Crippen LogP contribution in [-0.2, 0) is 11.3 Å². The lowest BCUT2D eigenvalue weighted by molar-refractivity contribution is -0.132. The first kappa shape index (κ1) is 19.8. The van der Waals surface area contributed by atoms with Crippen molar-refractivity contribution in [1.29, 1.82) is 0 Å². The van der Waals surface area contributed by atoms with Gasteiger partial charge in [-0.25, -0.2) is 4.98 Å². The molecule has 158 valence electrons. The summed E-state index contributed by atoms with van der Waals surface area (Å²) in [6, 6.07) is 13.2. The number of fused-ring (bicyclic) bond motifs is 1. The number of hydrogen-bond acceptors (Lipinski definition) is 5. The minimum atomic E-state index is 0.220. The number of halogens is 1. The Balaban J connectivity index is 1.33. The van der Waals surface area contributed by atoms with Crippen LogP contribution in [0, 0.1) is 0 Å². The molecule has 0 radical (unpaired) electrons. The first-order valence-electron chi connectivity index (χ1n) is 10.5. The molecule has 0 aliphatic carbocycles. The van der Waals surface area contributed by atoms with Gasteiger partial charge >= 0.3 is 0 Å². The predicted molar refractivity (Wildman–Crippen MR) is 119 cm³/mol. The first-order chi connectivity index (χ1) is 15.2. The Bertz CT molecular complexity index is 1230. The SMILES string of the molecule is O=C(CCn1cnc2cc(-c3noc(-c4ccccc4Cl)n3)ccc21)N1CCCCC1. The lowest BCUT2D eigenvalue weighted by Crippen LogP contribution is -2.35. The van der Waals surface area contributed by atoms with Crippen LogP contribution in [0.15, 0.2) is 53.3 Å². The topological polar surface area (TPSA) is 77.0 Å². The van der Waals surface area contributed by atoms with Crippen molar-refractivity contribution in [3.8, 4) is 22.8 Å². The van der Waals surface area contributed by atoms with E-state index in [2.05, 4.69) is 15.1 Å². The van der Waals surface area contributed by atoms with Gasteiger partial charge in [-0.1, -0.05) is 28.9 Å². The van der Waals surface area contributed by atoms with Crippen LogP contribution in [0.3, 0.4) is 0 Å². The molecule has 0 saturated carbocycles. The average Bonchev–Trinajstić information content (AvgIpc) is 3.45. The average molecular weight is 436 g/mol. The number of amides is 1. The van der Waals surface area contributed by atoms with Gasteiger partial charge in [-0.15, -0.1) is 0 Å². The summed E-state index contributed by atoms with van der Waals surface area (Å²) in [5, 5.41) is 4.66. The van der Waals surface area contributed by atoms with E-state index in [9.17, 15) is 4.79 Å². The van der Waals surface area contributed by atoms with Crippen LogP contribution in [0.5, 0.6) is 0 Å². The molecule has 1 saturated heterocycles. The van der Waals surface area contributed by atoms with Crippen molar-refractivity contribution >= 4 is 28.5 Å². The molecule has 7 nitrogen and oxygen atoms in total. The summed E-state index contributed by atoms with van der Waals surface area (Å²) >= 11 is 6.23. The summed E-state index contributed by atoms with van der Waals surface area (Å²) in [5.74, 6) is 1.08. The van der Waals surface area contributed by atoms with Crippen LogP contribution >= 0.6 is 11.6 Å². The predicted octanol–water partition coefficient (Wildman–Crippen LogP) is 4.81. The Morgan fingerprint density at radius 2 is 1.94 bits per heavy atom. The maximum absolute atomic E-state index is 12.5. The third-order valence-corrected chi connectivity index (χ3v) is 6.01. The van der Waals surface area contributed by atoms with Crippen LogP contribution in [0.2, 0.25) is 5.02 Å². The van der Waals surface area contributed by atoms with E-state index >= 15 is 0 Å². The number of rotatable bonds is 5. The number of carbonyl (C=O) groups excluding carboxylic acids is 1. The van der Waals surface area contributed by atoms with E-state index in [4.69, 9.17) is 16.1 Å². The second-order valence-corrected chi connectivity index (χ2v) is 8.14. The van der Waals surface area contributed by atoms with E-state index in [1.807, 2.05) is 45.9 Å². The maximum atomic E-state index is 12.5. The number of benzene rings is 2. The second-order valence-electron chi connectivity index (χ2n) is 7.74. The summed E-state index contributed by atoms with van der Waals surface area (Å²) in [5.41, 5.74) is 3.31. The molecular formula is C23H22ClN5O2. The molecule has 1 fully saturated rings. The lowest BCUT2D eigenvalue weighted by Gasteiger charge is -2.26. The van der Waals surface area contributed by atoms with E-state index in [0.29, 0.717) is 35.3 Å². The molecule has 1 aliphatic heterocycles. The van der Waals surface area contributed by atoms with Crippen LogP contribution in [-0.4, -0.2) is 43.6 Å². The molecular weight excluding hydrogens is 414 g/mol. The maximum Gasteiger partial charge on any atom is 0.259 e. The summed E-state index contributed by atoms with van der Waals surface area (Å²) in [4.78, 5) is 23.4. The second kappa shape index (κ2) is 8.51. The molecule has 8 heteroatoms. The van der Waals surface area contributed by atoms with Crippen LogP contribution in [0.25, 0.3) is 33.9 Å². The van der Waals surface area contributed by atoms with Gasteiger partial charge in [0.2, 0.25) is 11.7 Å². The fourth-order valence-corrected chi connectivity index (χ4v) is 4.20. The van der Waals surface area contributed by atoms with Gasteiger partial charge in [0.05, 0.1) is 27.9 Å². The van der Waals surface area contributed by atoms with Crippen molar-refractivity contribution in [2.24, 2.45) is 0 Å². The Kier molecular flexibility index (Phi) is 5.42. The summed E-state index contributed by atoms with van der Waals surface area (Å²) in [6.45, 7) is 2.38. The van der Waals surface area contributed by atoms with Gasteiger partial charge < -0.3 is 14.0 Å².